The molecule has 1 aliphatic heterocycles. The monoisotopic (exact) mass is 208 g/mol. The molecule has 2 atom stereocenters. The SMILES string of the molecule is Cc1cncc(C(F)C2CCCCN2)c1. The van der Waals surface area contributed by atoms with Crippen LogP contribution < -0.4 is 5.32 Å². The van der Waals surface area contributed by atoms with Crippen LogP contribution in [-0.2, 0) is 0 Å². The summed E-state index contributed by atoms with van der Waals surface area (Å²) in [6.07, 6.45) is 5.68. The Labute approximate surface area is 89.9 Å². The minimum absolute atomic E-state index is 0.0256. The summed E-state index contributed by atoms with van der Waals surface area (Å²) in [5, 5.41) is 3.23. The maximum absolute atomic E-state index is 14.1. The van der Waals surface area contributed by atoms with Crippen molar-refractivity contribution in [2.75, 3.05) is 6.54 Å². The summed E-state index contributed by atoms with van der Waals surface area (Å²) in [5.41, 5.74) is 1.72. The first-order valence-corrected chi connectivity index (χ1v) is 5.56. The summed E-state index contributed by atoms with van der Waals surface area (Å²) in [7, 11) is 0. The molecule has 0 amide bonds. The molecule has 0 spiro atoms. The van der Waals surface area contributed by atoms with Crippen LogP contribution in [0.3, 0.4) is 0 Å². The number of hydrogen-bond donors (Lipinski definition) is 1. The molecular weight excluding hydrogens is 191 g/mol. The molecule has 1 N–H and O–H groups in total. The van der Waals surface area contributed by atoms with Crippen LogP contribution in [0.1, 0.15) is 36.6 Å². The maximum atomic E-state index is 14.1. The molecule has 2 nitrogen and oxygen atoms in total. The lowest BCUT2D eigenvalue weighted by Gasteiger charge is -2.26. The highest BCUT2D eigenvalue weighted by Gasteiger charge is 2.24. The first kappa shape index (κ1) is 10.6. The fourth-order valence-electron chi connectivity index (χ4n) is 2.09. The van der Waals surface area contributed by atoms with Crippen molar-refractivity contribution in [1.82, 2.24) is 10.3 Å². The number of aryl methyl sites for hydroxylation is 1. The molecule has 2 rings (SSSR count). The number of alkyl halides is 1. The lowest BCUT2D eigenvalue weighted by Crippen LogP contribution is -2.37. The largest absolute Gasteiger partial charge is 0.311 e. The number of piperidine rings is 1. The highest BCUT2D eigenvalue weighted by atomic mass is 19.1. The van der Waals surface area contributed by atoms with Crippen LogP contribution in [0.2, 0.25) is 0 Å². The van der Waals surface area contributed by atoms with E-state index in [0.717, 1.165) is 31.4 Å². The number of halogens is 1. The van der Waals surface area contributed by atoms with Crippen LogP contribution in [0.25, 0.3) is 0 Å². The Balaban J connectivity index is 2.08. The molecule has 0 saturated carbocycles. The third-order valence-electron chi connectivity index (χ3n) is 2.92. The van der Waals surface area contributed by atoms with Gasteiger partial charge in [-0.25, -0.2) is 4.39 Å². The highest BCUT2D eigenvalue weighted by Crippen LogP contribution is 2.26. The number of aromatic nitrogens is 1. The molecule has 0 bridgehead atoms. The molecule has 0 aliphatic carbocycles. The predicted octanol–water partition coefficient (Wildman–Crippen LogP) is 2.54. The summed E-state index contributed by atoms with van der Waals surface area (Å²) < 4.78 is 14.1. The Morgan fingerprint density at radius 2 is 2.33 bits per heavy atom. The molecule has 3 heteroatoms. The van der Waals surface area contributed by atoms with Crippen molar-refractivity contribution in [3.05, 3.63) is 29.6 Å². The van der Waals surface area contributed by atoms with E-state index < -0.39 is 6.17 Å². The second-order valence-corrected chi connectivity index (χ2v) is 4.25. The molecule has 0 aromatic carbocycles. The van der Waals surface area contributed by atoms with Gasteiger partial charge in [0.2, 0.25) is 0 Å². The Morgan fingerprint density at radius 3 is 3.00 bits per heavy atom. The normalized spacial score (nSPS) is 23.7. The third-order valence-corrected chi connectivity index (χ3v) is 2.92. The zero-order chi connectivity index (χ0) is 10.7. The minimum Gasteiger partial charge on any atom is -0.311 e. The van der Waals surface area contributed by atoms with Gasteiger partial charge in [0.25, 0.3) is 0 Å². The molecule has 1 aliphatic rings. The van der Waals surface area contributed by atoms with Gasteiger partial charge in [0.05, 0.1) is 0 Å². The average molecular weight is 208 g/mol. The Morgan fingerprint density at radius 1 is 1.47 bits per heavy atom. The zero-order valence-corrected chi connectivity index (χ0v) is 9.04. The van der Waals surface area contributed by atoms with Gasteiger partial charge in [-0.15, -0.1) is 0 Å². The van der Waals surface area contributed by atoms with Gasteiger partial charge < -0.3 is 5.32 Å². The van der Waals surface area contributed by atoms with E-state index in [1.165, 1.54) is 0 Å². The quantitative estimate of drug-likeness (QED) is 0.808. The predicted molar refractivity (Wildman–Crippen MR) is 58.5 cm³/mol. The van der Waals surface area contributed by atoms with Crippen LogP contribution in [0.15, 0.2) is 18.5 Å². The number of rotatable bonds is 2. The Bertz CT molecular complexity index is 321. The van der Waals surface area contributed by atoms with Crippen LogP contribution in [0.4, 0.5) is 4.39 Å². The number of pyridine rings is 1. The van der Waals surface area contributed by atoms with Gasteiger partial charge in [-0.05, 0) is 31.9 Å². The summed E-state index contributed by atoms with van der Waals surface area (Å²) in [6.45, 7) is 2.88. The van der Waals surface area contributed by atoms with Gasteiger partial charge in [-0.1, -0.05) is 12.5 Å². The Kier molecular flexibility index (Phi) is 3.31. The summed E-state index contributed by atoms with van der Waals surface area (Å²) >= 11 is 0. The molecule has 1 aromatic heterocycles. The highest BCUT2D eigenvalue weighted by molar-refractivity contribution is 5.20. The lowest BCUT2D eigenvalue weighted by atomic mass is 9.96. The average Bonchev–Trinajstić information content (AvgIpc) is 2.29. The van der Waals surface area contributed by atoms with E-state index in [1.54, 1.807) is 12.4 Å². The van der Waals surface area contributed by atoms with E-state index in [-0.39, 0.29) is 6.04 Å². The second-order valence-electron chi connectivity index (χ2n) is 4.25. The van der Waals surface area contributed by atoms with Crippen molar-refractivity contribution in [3.8, 4) is 0 Å². The lowest BCUT2D eigenvalue weighted by molar-refractivity contribution is 0.221. The van der Waals surface area contributed by atoms with E-state index in [9.17, 15) is 4.39 Å². The number of hydrogen-bond acceptors (Lipinski definition) is 2. The van der Waals surface area contributed by atoms with Crippen molar-refractivity contribution >= 4 is 0 Å². The van der Waals surface area contributed by atoms with Gasteiger partial charge in [-0.2, -0.15) is 0 Å². The van der Waals surface area contributed by atoms with E-state index in [0.29, 0.717) is 5.56 Å². The molecule has 0 radical (unpaired) electrons. The topological polar surface area (TPSA) is 24.9 Å². The van der Waals surface area contributed by atoms with Gasteiger partial charge in [0.15, 0.2) is 0 Å². The smallest absolute Gasteiger partial charge is 0.142 e. The van der Waals surface area contributed by atoms with E-state index in [1.807, 2.05) is 13.0 Å². The van der Waals surface area contributed by atoms with E-state index >= 15 is 0 Å². The van der Waals surface area contributed by atoms with Crippen LogP contribution >= 0.6 is 0 Å². The molecule has 1 fully saturated rings. The molecule has 2 unspecified atom stereocenters. The van der Waals surface area contributed by atoms with E-state index in [4.69, 9.17) is 0 Å². The van der Waals surface area contributed by atoms with Crippen molar-refractivity contribution in [3.63, 3.8) is 0 Å². The fourth-order valence-corrected chi connectivity index (χ4v) is 2.09. The molecule has 1 saturated heterocycles. The van der Waals surface area contributed by atoms with Crippen LogP contribution in [0, 0.1) is 6.92 Å². The Hall–Kier alpha value is -0.960. The first-order valence-electron chi connectivity index (χ1n) is 5.56. The molecule has 2 heterocycles. The van der Waals surface area contributed by atoms with Crippen molar-refractivity contribution in [2.45, 2.75) is 38.4 Å². The zero-order valence-electron chi connectivity index (χ0n) is 9.04. The van der Waals surface area contributed by atoms with Gasteiger partial charge in [0.1, 0.15) is 6.17 Å². The number of nitrogens with zero attached hydrogens (tertiary/aromatic N) is 1. The van der Waals surface area contributed by atoms with Gasteiger partial charge in [0, 0.05) is 24.0 Å². The summed E-state index contributed by atoms with van der Waals surface area (Å²) in [5.74, 6) is 0. The number of nitrogens with one attached hydrogen (secondary N) is 1. The van der Waals surface area contributed by atoms with Crippen molar-refractivity contribution < 1.29 is 4.39 Å². The minimum atomic E-state index is -0.919. The van der Waals surface area contributed by atoms with Gasteiger partial charge in [-0.3, -0.25) is 4.98 Å². The van der Waals surface area contributed by atoms with Crippen LogP contribution in [0.5, 0.6) is 0 Å². The van der Waals surface area contributed by atoms with Crippen LogP contribution in [-0.4, -0.2) is 17.6 Å². The first-order chi connectivity index (χ1) is 7.27. The van der Waals surface area contributed by atoms with Crippen molar-refractivity contribution in [1.29, 1.82) is 0 Å². The van der Waals surface area contributed by atoms with E-state index in [2.05, 4.69) is 10.3 Å². The second kappa shape index (κ2) is 4.71. The van der Waals surface area contributed by atoms with Gasteiger partial charge >= 0.3 is 0 Å². The standard InChI is InChI=1S/C12H17FN2/c1-9-6-10(8-14-7-9)12(13)11-4-2-3-5-15-11/h6-8,11-12,15H,2-5H2,1H3. The molecule has 82 valence electrons. The third kappa shape index (κ3) is 2.53. The molecular formula is C12H17FN2. The maximum Gasteiger partial charge on any atom is 0.142 e. The fraction of sp³-hybridized carbons (Fsp3) is 0.583. The summed E-state index contributed by atoms with van der Waals surface area (Å²) in [6, 6.07) is 1.86. The molecule has 15 heavy (non-hydrogen) atoms. The summed E-state index contributed by atoms with van der Waals surface area (Å²) in [4.78, 5) is 4.03. The molecule has 1 aromatic rings. The van der Waals surface area contributed by atoms with Crippen molar-refractivity contribution in [2.24, 2.45) is 0 Å².